The fourth-order valence-corrected chi connectivity index (χ4v) is 11.0. The minimum absolute atomic E-state index is 0.374. The van der Waals surface area contributed by atoms with Crippen molar-refractivity contribution in [1.29, 1.82) is 0 Å². The van der Waals surface area contributed by atoms with Crippen molar-refractivity contribution in [3.05, 3.63) is 365 Å². The van der Waals surface area contributed by atoms with Crippen LogP contribution in [0.3, 0.4) is 0 Å². The highest BCUT2D eigenvalue weighted by Crippen LogP contribution is 2.39. The number of esters is 4. The van der Waals surface area contributed by atoms with Gasteiger partial charge in [0.05, 0.1) is 22.1 Å². The monoisotopic (exact) mass is 1890 g/mol. The molecule has 12 heteroatoms. The Kier molecular flexibility index (Phi) is 108. The quantitative estimate of drug-likeness (QED) is 0.0525. The highest BCUT2D eigenvalue weighted by molar-refractivity contribution is 6.10. The summed E-state index contributed by atoms with van der Waals surface area (Å²) in [6, 6.07) is 104. The molecule has 0 fully saturated rings. The van der Waals surface area contributed by atoms with Crippen LogP contribution in [0, 0.1) is 0 Å². The normalized spacial score (nSPS) is 8.30. The van der Waals surface area contributed by atoms with E-state index >= 15 is 0 Å². The van der Waals surface area contributed by atoms with Crippen molar-refractivity contribution in [3.8, 4) is 34.4 Å². The number of hydrogen-bond donors (Lipinski definition) is 0. The lowest BCUT2D eigenvalue weighted by Crippen LogP contribution is -2.10. The summed E-state index contributed by atoms with van der Waals surface area (Å²) in [5.41, 5.74) is 13.6. The first-order valence-electron chi connectivity index (χ1n) is 51.5. The summed E-state index contributed by atoms with van der Waals surface area (Å²) in [6.45, 7) is 97.3. The van der Waals surface area contributed by atoms with Crippen LogP contribution in [0.4, 0.5) is 34.1 Å². The van der Waals surface area contributed by atoms with Crippen LogP contribution >= 0.6 is 0 Å². The van der Waals surface area contributed by atoms with Crippen molar-refractivity contribution < 1.29 is 38.1 Å². The summed E-state index contributed by atoms with van der Waals surface area (Å²) < 4.78 is 25.2. The molecule has 2 aromatic heterocycles. The number of rotatable bonds is 16. The Morgan fingerprint density at radius 3 is 0.536 bits per heavy atom. The summed E-state index contributed by atoms with van der Waals surface area (Å²) in [6.07, 6.45) is 2.30. The summed E-state index contributed by atoms with van der Waals surface area (Å²) in [4.78, 5) is 50.2. The van der Waals surface area contributed by atoms with E-state index in [4.69, 9.17) is 18.9 Å². The Morgan fingerprint density at radius 2 is 0.362 bits per heavy atom. The first kappa shape index (κ1) is 145. The van der Waals surface area contributed by atoms with Crippen molar-refractivity contribution in [3.63, 3.8) is 0 Å². The molecular formula is C126H188N4O8. The molecule has 2 heterocycles. The van der Waals surface area contributed by atoms with Crippen LogP contribution in [-0.2, 0) is 19.2 Å². The number of fused-ring (bicyclic) bond motifs is 6. The molecule has 0 amide bonds. The van der Waals surface area contributed by atoms with Gasteiger partial charge in [-0.05, 0) is 184 Å². The Morgan fingerprint density at radius 1 is 0.210 bits per heavy atom. The predicted octanol–water partition coefficient (Wildman–Crippen LogP) is 41.5. The summed E-state index contributed by atoms with van der Waals surface area (Å²) in [5, 5.41) is 4.87. The number of hydrogen-bond acceptors (Lipinski definition) is 10. The third-order valence-electron chi connectivity index (χ3n) is 15.5. The Bertz CT molecular complexity index is 4950. The molecule has 0 bridgehead atoms. The largest absolute Gasteiger partial charge is 0.423 e. The summed E-state index contributed by atoms with van der Waals surface area (Å²) >= 11 is 0. The lowest BCUT2D eigenvalue weighted by atomic mass is 10.2. The van der Waals surface area contributed by atoms with Gasteiger partial charge >= 0.3 is 23.9 Å². The number of benzene rings is 12. The van der Waals surface area contributed by atoms with Gasteiger partial charge in [0.1, 0.15) is 23.0 Å². The molecule has 138 heavy (non-hydrogen) atoms. The maximum Gasteiger partial charge on any atom is 0.338 e. The van der Waals surface area contributed by atoms with E-state index in [0.717, 1.165) is 79.7 Å². The first-order valence-corrected chi connectivity index (χ1v) is 51.5. The zero-order valence-corrected chi connectivity index (χ0v) is 94.1. The lowest BCUT2D eigenvalue weighted by molar-refractivity contribution is -0.130. The van der Waals surface area contributed by atoms with Crippen molar-refractivity contribution in [2.45, 2.75) is 291 Å². The van der Waals surface area contributed by atoms with Crippen LogP contribution in [0.15, 0.2) is 365 Å². The lowest BCUT2D eigenvalue weighted by Gasteiger charge is -2.25. The predicted molar refractivity (Wildman–Crippen MR) is 623 cm³/mol. The molecule has 14 aromatic rings. The van der Waals surface area contributed by atoms with Crippen molar-refractivity contribution in [2.24, 2.45) is 0 Å². The van der Waals surface area contributed by atoms with Gasteiger partial charge in [0.15, 0.2) is 0 Å². The molecule has 760 valence electrons. The highest BCUT2D eigenvalue weighted by Gasteiger charge is 2.17. The number of para-hydroxylation sites is 8. The van der Waals surface area contributed by atoms with Gasteiger partial charge in [-0.1, -0.05) is 449 Å². The minimum Gasteiger partial charge on any atom is -0.423 e. The molecule has 0 aliphatic carbocycles. The van der Waals surface area contributed by atoms with Crippen molar-refractivity contribution >= 4 is 102 Å². The zero-order chi connectivity index (χ0) is 108. The van der Waals surface area contributed by atoms with Gasteiger partial charge in [0.25, 0.3) is 0 Å². The van der Waals surface area contributed by atoms with Crippen LogP contribution in [0.5, 0.6) is 23.0 Å². The van der Waals surface area contributed by atoms with Gasteiger partial charge in [-0.25, -0.2) is 19.2 Å². The Labute approximate surface area is 843 Å². The van der Waals surface area contributed by atoms with Crippen LogP contribution in [0.25, 0.3) is 55.0 Å². The average Bonchev–Trinajstić information content (AvgIpc) is 1.61. The Balaban J connectivity index is -0.000000176. The summed E-state index contributed by atoms with van der Waals surface area (Å²) in [7, 11) is 0. The molecule has 12 aromatic carbocycles. The van der Waals surface area contributed by atoms with Crippen LogP contribution in [0.2, 0.25) is 0 Å². The second-order valence-corrected chi connectivity index (χ2v) is 22.3. The number of nitrogens with zero attached hydrogens (tertiary/aromatic N) is 4. The maximum atomic E-state index is 11.6. The molecule has 12 nitrogen and oxygen atoms in total. The van der Waals surface area contributed by atoms with E-state index in [2.05, 4.69) is 167 Å². The van der Waals surface area contributed by atoms with Crippen molar-refractivity contribution in [2.75, 3.05) is 9.80 Å². The van der Waals surface area contributed by atoms with Gasteiger partial charge < -0.3 is 37.9 Å². The number of ether oxygens (including phenoxy) is 4. The van der Waals surface area contributed by atoms with E-state index in [-0.39, 0.29) is 0 Å². The van der Waals surface area contributed by atoms with E-state index in [1.54, 1.807) is 62.4 Å². The molecule has 0 N–H and O–H groups in total. The van der Waals surface area contributed by atoms with Crippen LogP contribution < -0.4 is 28.7 Å². The molecule has 0 saturated heterocycles. The van der Waals surface area contributed by atoms with Crippen molar-refractivity contribution in [1.82, 2.24) is 9.13 Å². The SMILES string of the molecule is C=C(C)C(=O)Oc1ccc(-n2c3ccccc3c3ccccc32)cc1.C=C(C)C(=O)Oc1ccc(N(c2ccccc2)c2ccccc2)cc1.C=CC(=O)Oc1ccc(-n2c3ccccc3c3ccccc32)cc1.C=CC(=O)Oc1ccc(N(c2ccccc2)c2ccccc2)cc1.CC.CC.CC.CC.CC.CC.CC.CC.CC.CC.CC.CC.CC.CC.CC.CC.CC.CC.CC.CC. The standard InChI is InChI=1S/C22H17NO2.C22H19NO2.C21H15NO2.C21H17NO2.20C2H6/c1-15(2)22(24)25-17-13-11-16(12-14-17)23-20-9-5-3-7-18(20)19-8-4-6-10-21(19)23;1-17(2)22(24)25-21-15-13-20(14-16-21)23(18-9-5-3-6-10-18)19-11-7-4-8-12-19;1-2-21(23)24-16-13-11-15(12-14-16)22-19-9-5-3-7-17(19)18-8-4-6-10-20(18)22;1-2-21(23)24-20-15-13-19(14-16-20)22(17-9-5-3-6-10-17)18-11-7-4-8-12-18;20*1-2/h3-14H,1H2,2H3;3-16H,1H2,2H3;2-14H,1H2;2-16H,1H2;20*1-2H3. The topological polar surface area (TPSA) is 122 Å². The van der Waals surface area contributed by atoms with Gasteiger partial charge in [-0.15, -0.1) is 0 Å². The fourth-order valence-electron chi connectivity index (χ4n) is 11.0. The molecular weight excluding hydrogens is 1700 g/mol. The molecule has 0 atom stereocenters. The van der Waals surface area contributed by atoms with Gasteiger partial charge in [0, 0.05) is 90.3 Å². The Hall–Kier alpha value is -13.3. The van der Waals surface area contributed by atoms with E-state index in [1.165, 1.54) is 21.5 Å². The maximum absolute atomic E-state index is 11.6. The van der Waals surface area contributed by atoms with E-state index in [9.17, 15) is 19.2 Å². The number of carbonyl (C=O) groups excluding carboxylic acids is 4. The highest BCUT2D eigenvalue weighted by atomic mass is 16.5. The zero-order valence-electron chi connectivity index (χ0n) is 94.1. The van der Waals surface area contributed by atoms with Gasteiger partial charge in [0.2, 0.25) is 0 Å². The number of carbonyl (C=O) groups is 4. The molecule has 0 radical (unpaired) electrons. The van der Waals surface area contributed by atoms with Gasteiger partial charge in [-0.3, -0.25) is 0 Å². The third kappa shape index (κ3) is 52.1. The van der Waals surface area contributed by atoms with E-state index in [0.29, 0.717) is 34.1 Å². The molecule has 0 aliphatic heterocycles. The molecule has 14 rings (SSSR count). The second kappa shape index (κ2) is 103. The molecule has 0 unspecified atom stereocenters. The minimum atomic E-state index is -0.467. The van der Waals surface area contributed by atoms with Crippen LogP contribution in [0.1, 0.15) is 291 Å². The van der Waals surface area contributed by atoms with Crippen LogP contribution in [-0.4, -0.2) is 33.0 Å². The fraction of sp³-hybridized carbons (Fsp3) is 0.333. The molecule has 0 spiro atoms. The molecule has 0 saturated carbocycles. The van der Waals surface area contributed by atoms with E-state index in [1.807, 2.05) is 423 Å². The second-order valence-electron chi connectivity index (χ2n) is 22.3. The molecule has 0 aliphatic rings. The first-order chi connectivity index (χ1) is 67.8. The number of anilines is 6. The summed E-state index contributed by atoms with van der Waals surface area (Å²) in [5.74, 6) is 0.246. The average molecular weight is 1890 g/mol. The van der Waals surface area contributed by atoms with E-state index < -0.39 is 23.9 Å². The third-order valence-corrected chi connectivity index (χ3v) is 15.5. The van der Waals surface area contributed by atoms with Gasteiger partial charge in [-0.2, -0.15) is 0 Å². The smallest absolute Gasteiger partial charge is 0.338 e. The number of aromatic nitrogens is 2.